The number of benzene rings is 2. The van der Waals surface area contributed by atoms with Crippen molar-refractivity contribution in [1.82, 2.24) is 4.90 Å². The molecule has 0 bridgehead atoms. The predicted molar refractivity (Wildman–Crippen MR) is 122 cm³/mol. The van der Waals surface area contributed by atoms with E-state index in [4.69, 9.17) is 4.74 Å². The summed E-state index contributed by atoms with van der Waals surface area (Å²) in [5, 5.41) is 3.07. The number of ether oxygens (including phenoxy) is 1. The smallest absolute Gasteiger partial charge is 0.229 e. The molecule has 6 nitrogen and oxygen atoms in total. The number of piperidine rings is 1. The molecule has 0 spiro atoms. The fourth-order valence-electron chi connectivity index (χ4n) is 4.35. The monoisotopic (exact) mass is 421 g/mol. The Kier molecular flexibility index (Phi) is 7.07. The Labute approximate surface area is 184 Å². The number of anilines is 2. The maximum Gasteiger partial charge on any atom is 0.229 e. The lowest BCUT2D eigenvalue weighted by Crippen LogP contribution is -2.44. The number of hydrogen-bond acceptors (Lipinski definition) is 4. The number of para-hydroxylation sites is 1. The molecule has 2 heterocycles. The third-order valence-electron chi connectivity index (χ3n) is 6.06. The van der Waals surface area contributed by atoms with Crippen molar-refractivity contribution < 1.29 is 14.3 Å². The number of hydrogen-bond donors (Lipinski definition) is 1. The molecule has 1 atom stereocenters. The van der Waals surface area contributed by atoms with Crippen molar-refractivity contribution in [1.29, 1.82) is 0 Å². The first-order valence-electron chi connectivity index (χ1n) is 11.3. The fraction of sp³-hybridized carbons (Fsp3) is 0.440. The van der Waals surface area contributed by atoms with Gasteiger partial charge in [-0.3, -0.25) is 9.59 Å². The molecule has 2 aromatic rings. The molecule has 2 aliphatic heterocycles. The summed E-state index contributed by atoms with van der Waals surface area (Å²) in [5.41, 5.74) is 1.99. The van der Waals surface area contributed by atoms with Crippen LogP contribution in [0, 0.1) is 5.92 Å². The van der Waals surface area contributed by atoms with Crippen LogP contribution in [0.4, 0.5) is 11.4 Å². The highest BCUT2D eigenvalue weighted by Gasteiger charge is 2.28. The van der Waals surface area contributed by atoms with Crippen LogP contribution in [-0.2, 0) is 9.59 Å². The molecule has 2 fully saturated rings. The van der Waals surface area contributed by atoms with Crippen molar-refractivity contribution >= 4 is 23.2 Å². The van der Waals surface area contributed by atoms with Gasteiger partial charge in [-0.15, -0.1) is 0 Å². The zero-order valence-electron chi connectivity index (χ0n) is 18.0. The molecule has 0 saturated carbocycles. The molecule has 0 aliphatic carbocycles. The summed E-state index contributed by atoms with van der Waals surface area (Å²) in [5.74, 6) is 0.631. The maximum atomic E-state index is 12.9. The van der Waals surface area contributed by atoms with E-state index in [1.165, 1.54) is 12.8 Å². The van der Waals surface area contributed by atoms with E-state index in [-0.39, 0.29) is 17.7 Å². The Morgan fingerprint density at radius 3 is 2.58 bits per heavy atom. The zero-order chi connectivity index (χ0) is 21.5. The molecular weight excluding hydrogens is 390 g/mol. The van der Waals surface area contributed by atoms with Crippen molar-refractivity contribution in [2.75, 3.05) is 43.0 Å². The summed E-state index contributed by atoms with van der Waals surface area (Å²) in [6.07, 6.45) is 4.41. The van der Waals surface area contributed by atoms with Crippen LogP contribution in [0.5, 0.6) is 5.75 Å². The third-order valence-corrected chi connectivity index (χ3v) is 6.06. The quantitative estimate of drug-likeness (QED) is 0.736. The number of carbonyl (C=O) groups is 2. The number of amides is 2. The second-order valence-electron chi connectivity index (χ2n) is 8.32. The van der Waals surface area contributed by atoms with Gasteiger partial charge in [-0.1, -0.05) is 24.3 Å². The molecular formula is C25H31N3O3. The lowest BCUT2D eigenvalue weighted by Gasteiger charge is -2.32. The topological polar surface area (TPSA) is 61.9 Å². The van der Waals surface area contributed by atoms with E-state index >= 15 is 0 Å². The second-order valence-corrected chi connectivity index (χ2v) is 8.32. The number of carbonyl (C=O) groups excluding carboxylic acids is 2. The van der Waals surface area contributed by atoms with E-state index in [0.29, 0.717) is 26.1 Å². The largest absolute Gasteiger partial charge is 0.493 e. The van der Waals surface area contributed by atoms with E-state index in [9.17, 15) is 9.59 Å². The lowest BCUT2D eigenvalue weighted by atomic mass is 9.96. The van der Waals surface area contributed by atoms with Gasteiger partial charge in [0.15, 0.2) is 0 Å². The van der Waals surface area contributed by atoms with Crippen LogP contribution in [0.25, 0.3) is 0 Å². The molecule has 6 heteroatoms. The lowest BCUT2D eigenvalue weighted by molar-refractivity contribution is -0.135. The van der Waals surface area contributed by atoms with E-state index in [2.05, 4.69) is 22.3 Å². The van der Waals surface area contributed by atoms with Crippen LogP contribution in [0.15, 0.2) is 54.6 Å². The average molecular weight is 422 g/mol. The van der Waals surface area contributed by atoms with E-state index < -0.39 is 0 Å². The molecule has 2 aliphatic rings. The average Bonchev–Trinajstić information content (AvgIpc) is 3.35. The first-order chi connectivity index (χ1) is 15.2. The van der Waals surface area contributed by atoms with Crippen LogP contribution in [-0.4, -0.2) is 49.5 Å². The summed E-state index contributed by atoms with van der Waals surface area (Å²) >= 11 is 0. The molecule has 31 heavy (non-hydrogen) atoms. The summed E-state index contributed by atoms with van der Waals surface area (Å²) in [6, 6.07) is 17.6. The first-order valence-corrected chi connectivity index (χ1v) is 11.3. The molecule has 2 saturated heterocycles. The Balaban J connectivity index is 1.27. The molecule has 0 radical (unpaired) electrons. The highest BCUT2D eigenvalue weighted by atomic mass is 16.5. The number of nitrogens with one attached hydrogen (secondary N) is 1. The molecule has 0 unspecified atom stereocenters. The normalized spacial score (nSPS) is 18.6. The minimum Gasteiger partial charge on any atom is -0.493 e. The Morgan fingerprint density at radius 1 is 0.968 bits per heavy atom. The van der Waals surface area contributed by atoms with Gasteiger partial charge in [0.1, 0.15) is 5.75 Å². The van der Waals surface area contributed by atoms with Crippen LogP contribution in [0.2, 0.25) is 0 Å². The van der Waals surface area contributed by atoms with E-state index in [0.717, 1.165) is 43.1 Å². The number of likely N-dealkylation sites (tertiary alicyclic amines) is 1. The summed E-state index contributed by atoms with van der Waals surface area (Å²) in [7, 11) is 0. The Morgan fingerprint density at radius 2 is 1.77 bits per heavy atom. The highest BCUT2D eigenvalue weighted by molar-refractivity contribution is 5.93. The van der Waals surface area contributed by atoms with Crippen LogP contribution in [0.3, 0.4) is 0 Å². The van der Waals surface area contributed by atoms with Gasteiger partial charge in [-0.25, -0.2) is 0 Å². The number of nitrogens with zero attached hydrogens (tertiary/aromatic N) is 2. The third kappa shape index (κ3) is 5.78. The van der Waals surface area contributed by atoms with Crippen molar-refractivity contribution in [2.24, 2.45) is 5.92 Å². The Hall–Kier alpha value is -3.02. The second kappa shape index (κ2) is 10.3. The van der Waals surface area contributed by atoms with Gasteiger partial charge in [0.2, 0.25) is 11.8 Å². The molecule has 164 valence electrons. The van der Waals surface area contributed by atoms with Gasteiger partial charge in [-0.05, 0) is 56.0 Å². The summed E-state index contributed by atoms with van der Waals surface area (Å²) < 4.78 is 5.64. The first kappa shape index (κ1) is 21.2. The molecule has 1 N–H and O–H groups in total. The molecule has 2 aromatic carbocycles. The Bertz CT molecular complexity index is 881. The van der Waals surface area contributed by atoms with Gasteiger partial charge >= 0.3 is 0 Å². The number of rotatable bonds is 7. The minimum absolute atomic E-state index is 0.00314. The SMILES string of the molecule is O=C(Nc1cccc(N2CCCC2)c1)[C@H]1CCCN(C(=O)CCOc2ccccc2)C1. The predicted octanol–water partition coefficient (Wildman–Crippen LogP) is 3.93. The van der Waals surface area contributed by atoms with Gasteiger partial charge in [0.05, 0.1) is 18.9 Å². The van der Waals surface area contributed by atoms with Gasteiger partial charge in [0.25, 0.3) is 0 Å². The van der Waals surface area contributed by atoms with Gasteiger partial charge in [-0.2, -0.15) is 0 Å². The van der Waals surface area contributed by atoms with Crippen LogP contribution < -0.4 is 15.0 Å². The highest BCUT2D eigenvalue weighted by Crippen LogP contribution is 2.25. The van der Waals surface area contributed by atoms with E-state index in [1.54, 1.807) is 0 Å². The maximum absolute atomic E-state index is 12.9. The standard InChI is InChI=1S/C25H31N3O3/c29-24(13-17-31-23-11-2-1-3-12-23)28-16-7-8-20(19-28)25(30)26-21-9-6-10-22(18-21)27-14-4-5-15-27/h1-3,6,9-12,18,20H,4-5,7-8,13-17,19H2,(H,26,30)/t20-/m0/s1. The van der Waals surface area contributed by atoms with E-state index in [1.807, 2.05) is 47.4 Å². The summed E-state index contributed by atoms with van der Waals surface area (Å²) in [6.45, 7) is 3.68. The minimum atomic E-state index is -0.178. The van der Waals surface area contributed by atoms with Gasteiger partial charge < -0.3 is 19.9 Å². The van der Waals surface area contributed by atoms with Gasteiger partial charge in [0, 0.05) is 37.6 Å². The fourth-order valence-corrected chi connectivity index (χ4v) is 4.35. The van der Waals surface area contributed by atoms with Crippen molar-refractivity contribution in [2.45, 2.75) is 32.1 Å². The van der Waals surface area contributed by atoms with Crippen molar-refractivity contribution in [3.05, 3.63) is 54.6 Å². The molecule has 2 amide bonds. The van der Waals surface area contributed by atoms with Crippen molar-refractivity contribution in [3.8, 4) is 5.75 Å². The van der Waals surface area contributed by atoms with Crippen LogP contribution in [0.1, 0.15) is 32.1 Å². The van der Waals surface area contributed by atoms with Crippen LogP contribution >= 0.6 is 0 Å². The molecule has 4 rings (SSSR count). The zero-order valence-corrected chi connectivity index (χ0v) is 18.0. The summed E-state index contributed by atoms with van der Waals surface area (Å²) in [4.78, 5) is 29.7. The molecule has 0 aromatic heterocycles. The van der Waals surface area contributed by atoms with Crippen molar-refractivity contribution in [3.63, 3.8) is 0 Å².